The first-order chi connectivity index (χ1) is 15.5. The Hall–Kier alpha value is -4.12. The highest BCUT2D eigenvalue weighted by Gasteiger charge is 2.21. The lowest BCUT2D eigenvalue weighted by Gasteiger charge is -2.09. The second-order valence-corrected chi connectivity index (χ2v) is 7.79. The molecule has 5 nitrogen and oxygen atoms in total. The summed E-state index contributed by atoms with van der Waals surface area (Å²) in [5.41, 5.74) is 4.45. The van der Waals surface area contributed by atoms with Gasteiger partial charge in [0.15, 0.2) is 5.76 Å². The third-order valence-corrected chi connectivity index (χ3v) is 5.61. The molecule has 0 radical (unpaired) electrons. The zero-order valence-corrected chi connectivity index (χ0v) is 17.8. The van der Waals surface area contributed by atoms with E-state index in [1.807, 2.05) is 55.5 Å². The number of anilines is 1. The van der Waals surface area contributed by atoms with Gasteiger partial charge < -0.3 is 14.2 Å². The predicted octanol–water partition coefficient (Wildman–Crippen LogP) is 6.33. The zero-order valence-electron chi connectivity index (χ0n) is 17.8. The molecule has 0 atom stereocenters. The summed E-state index contributed by atoms with van der Waals surface area (Å²) in [6.07, 6.45) is 0.839. The second kappa shape index (κ2) is 7.85. The number of amides is 1. The van der Waals surface area contributed by atoms with Crippen molar-refractivity contribution in [1.29, 1.82) is 0 Å². The molecule has 0 aliphatic rings. The summed E-state index contributed by atoms with van der Waals surface area (Å²) >= 11 is 0. The van der Waals surface area contributed by atoms with E-state index in [-0.39, 0.29) is 5.91 Å². The SMILES string of the molecule is CCc1ccc2oc(=O)cc(-c3oc4ccccc4c3NC(=O)c3ccc(C)cc3)c2c1. The van der Waals surface area contributed by atoms with E-state index in [9.17, 15) is 9.59 Å². The maximum atomic E-state index is 13.0. The Kier molecular flexibility index (Phi) is 4.86. The highest BCUT2D eigenvalue weighted by Crippen LogP contribution is 2.40. The fraction of sp³-hybridized carbons (Fsp3) is 0.111. The van der Waals surface area contributed by atoms with Crippen molar-refractivity contribution in [2.45, 2.75) is 20.3 Å². The molecule has 1 N–H and O–H groups in total. The quantitative estimate of drug-likeness (QED) is 0.343. The molecule has 0 saturated heterocycles. The Bertz CT molecular complexity index is 1520. The number of hydrogen-bond donors (Lipinski definition) is 1. The van der Waals surface area contributed by atoms with Crippen LogP contribution in [0.15, 0.2) is 86.4 Å². The fourth-order valence-corrected chi connectivity index (χ4v) is 3.87. The van der Waals surface area contributed by atoms with Crippen LogP contribution in [0.3, 0.4) is 0 Å². The number of para-hydroxylation sites is 1. The first-order valence-corrected chi connectivity index (χ1v) is 10.5. The van der Waals surface area contributed by atoms with Gasteiger partial charge in [-0.1, -0.05) is 42.8 Å². The number of nitrogens with one attached hydrogen (secondary N) is 1. The lowest BCUT2D eigenvalue weighted by atomic mass is 10.0. The smallest absolute Gasteiger partial charge is 0.336 e. The van der Waals surface area contributed by atoms with E-state index in [1.165, 1.54) is 6.07 Å². The van der Waals surface area contributed by atoms with E-state index < -0.39 is 5.63 Å². The first kappa shape index (κ1) is 19.8. The predicted molar refractivity (Wildman–Crippen MR) is 126 cm³/mol. The maximum absolute atomic E-state index is 13.0. The molecule has 0 saturated carbocycles. The van der Waals surface area contributed by atoms with E-state index in [2.05, 4.69) is 12.2 Å². The number of carbonyl (C=O) groups is 1. The molecule has 0 aliphatic heterocycles. The monoisotopic (exact) mass is 423 g/mol. The van der Waals surface area contributed by atoms with Crippen molar-refractivity contribution in [3.8, 4) is 11.3 Å². The van der Waals surface area contributed by atoms with Gasteiger partial charge in [-0.25, -0.2) is 4.79 Å². The molecule has 3 aromatic carbocycles. The topological polar surface area (TPSA) is 72.5 Å². The summed E-state index contributed by atoms with van der Waals surface area (Å²) in [7, 11) is 0. The second-order valence-electron chi connectivity index (χ2n) is 7.79. The van der Waals surface area contributed by atoms with Crippen molar-refractivity contribution < 1.29 is 13.6 Å². The summed E-state index contributed by atoms with van der Waals surface area (Å²) in [6, 6.07) is 22.0. The zero-order chi connectivity index (χ0) is 22.2. The van der Waals surface area contributed by atoms with Crippen LogP contribution < -0.4 is 10.9 Å². The van der Waals surface area contributed by atoms with Crippen molar-refractivity contribution >= 4 is 33.5 Å². The molecule has 0 spiro atoms. The van der Waals surface area contributed by atoms with Crippen LogP contribution in [0.5, 0.6) is 0 Å². The molecule has 32 heavy (non-hydrogen) atoms. The number of aryl methyl sites for hydroxylation is 2. The average molecular weight is 423 g/mol. The van der Waals surface area contributed by atoms with E-state index >= 15 is 0 Å². The fourth-order valence-electron chi connectivity index (χ4n) is 3.87. The van der Waals surface area contributed by atoms with Crippen molar-refractivity contribution in [2.24, 2.45) is 0 Å². The number of fused-ring (bicyclic) bond motifs is 2. The van der Waals surface area contributed by atoms with Gasteiger partial charge in [0, 0.05) is 28.0 Å². The first-order valence-electron chi connectivity index (χ1n) is 10.5. The van der Waals surface area contributed by atoms with Crippen LogP contribution in [0.25, 0.3) is 33.3 Å². The van der Waals surface area contributed by atoms with Crippen LogP contribution in [0.1, 0.15) is 28.4 Å². The van der Waals surface area contributed by atoms with Gasteiger partial charge in [-0.15, -0.1) is 0 Å². The van der Waals surface area contributed by atoms with Crippen molar-refractivity contribution in [3.05, 3.63) is 99.9 Å². The minimum Gasteiger partial charge on any atom is -0.454 e. The third kappa shape index (κ3) is 3.48. The molecule has 5 aromatic rings. The Morgan fingerprint density at radius 2 is 1.62 bits per heavy atom. The molecular weight excluding hydrogens is 402 g/mol. The molecule has 0 fully saturated rings. The number of furan rings is 1. The molecule has 5 rings (SSSR count). The molecule has 2 heterocycles. The Morgan fingerprint density at radius 1 is 0.875 bits per heavy atom. The molecule has 2 aromatic heterocycles. The van der Waals surface area contributed by atoms with E-state index in [1.54, 1.807) is 18.2 Å². The average Bonchev–Trinajstić information content (AvgIpc) is 3.16. The van der Waals surface area contributed by atoms with Gasteiger partial charge >= 0.3 is 5.63 Å². The largest absolute Gasteiger partial charge is 0.454 e. The molecule has 158 valence electrons. The standard InChI is InChI=1S/C27H21NO4/c1-3-17-10-13-23-20(14-17)21(15-24(29)31-23)26-25(19-6-4-5-7-22(19)32-26)28-27(30)18-11-8-16(2)9-12-18/h4-15H,3H2,1-2H3,(H,28,30). The van der Waals surface area contributed by atoms with Gasteiger partial charge in [-0.2, -0.15) is 0 Å². The van der Waals surface area contributed by atoms with Crippen LogP contribution >= 0.6 is 0 Å². The Labute approximate surface area is 184 Å². The third-order valence-electron chi connectivity index (χ3n) is 5.61. The highest BCUT2D eigenvalue weighted by atomic mass is 16.4. The molecule has 5 heteroatoms. The van der Waals surface area contributed by atoms with Gasteiger partial charge in [0.2, 0.25) is 0 Å². The minimum atomic E-state index is -0.479. The molecule has 1 amide bonds. The molecule has 0 aliphatic carbocycles. The van der Waals surface area contributed by atoms with Crippen LogP contribution in [0.2, 0.25) is 0 Å². The lowest BCUT2D eigenvalue weighted by Crippen LogP contribution is -2.12. The van der Waals surface area contributed by atoms with Crippen molar-refractivity contribution in [3.63, 3.8) is 0 Å². The maximum Gasteiger partial charge on any atom is 0.336 e. The van der Waals surface area contributed by atoms with E-state index in [0.717, 1.165) is 28.3 Å². The number of carbonyl (C=O) groups excluding carboxylic acids is 1. The summed E-state index contributed by atoms with van der Waals surface area (Å²) in [6.45, 7) is 4.04. The summed E-state index contributed by atoms with van der Waals surface area (Å²) in [5, 5.41) is 4.53. The summed E-state index contributed by atoms with van der Waals surface area (Å²) in [4.78, 5) is 25.4. The highest BCUT2D eigenvalue weighted by molar-refractivity contribution is 6.13. The van der Waals surface area contributed by atoms with Crippen LogP contribution in [-0.4, -0.2) is 5.91 Å². The van der Waals surface area contributed by atoms with Crippen molar-refractivity contribution in [2.75, 3.05) is 5.32 Å². The van der Waals surface area contributed by atoms with Crippen LogP contribution in [0.4, 0.5) is 5.69 Å². The lowest BCUT2D eigenvalue weighted by molar-refractivity contribution is 0.102. The number of benzene rings is 3. The van der Waals surface area contributed by atoms with Gasteiger partial charge in [0.05, 0.1) is 5.69 Å². The van der Waals surface area contributed by atoms with Gasteiger partial charge in [0.25, 0.3) is 5.91 Å². The summed E-state index contributed by atoms with van der Waals surface area (Å²) < 4.78 is 11.6. The van der Waals surface area contributed by atoms with Crippen LogP contribution in [0, 0.1) is 6.92 Å². The number of rotatable bonds is 4. The van der Waals surface area contributed by atoms with Gasteiger partial charge in [-0.3, -0.25) is 4.79 Å². The summed E-state index contributed by atoms with van der Waals surface area (Å²) in [5.74, 6) is 0.178. The van der Waals surface area contributed by atoms with E-state index in [4.69, 9.17) is 8.83 Å². The minimum absolute atomic E-state index is 0.251. The van der Waals surface area contributed by atoms with Crippen LogP contribution in [-0.2, 0) is 6.42 Å². The Morgan fingerprint density at radius 3 is 2.41 bits per heavy atom. The normalized spacial score (nSPS) is 11.2. The van der Waals surface area contributed by atoms with Gasteiger partial charge in [-0.05, 0) is 55.3 Å². The molecule has 0 bridgehead atoms. The Balaban J connectivity index is 1.73. The molecule has 0 unspecified atom stereocenters. The number of hydrogen-bond acceptors (Lipinski definition) is 4. The molecular formula is C27H21NO4. The van der Waals surface area contributed by atoms with Crippen molar-refractivity contribution in [1.82, 2.24) is 0 Å². The van der Waals surface area contributed by atoms with E-state index in [0.29, 0.717) is 33.7 Å². The van der Waals surface area contributed by atoms with Gasteiger partial charge in [0.1, 0.15) is 11.2 Å².